The van der Waals surface area contributed by atoms with E-state index in [4.69, 9.17) is 10.5 Å². The molecule has 1 heterocycles. The van der Waals surface area contributed by atoms with Gasteiger partial charge in [-0.05, 0) is 29.9 Å². The average Bonchev–Trinajstić information content (AvgIpc) is 2.32. The van der Waals surface area contributed by atoms with E-state index in [2.05, 4.69) is 18.3 Å². The first-order chi connectivity index (χ1) is 8.20. The fraction of sp³-hybridized carbons (Fsp3) is 0.571. The van der Waals surface area contributed by atoms with E-state index >= 15 is 0 Å². The van der Waals surface area contributed by atoms with Crippen molar-refractivity contribution in [2.45, 2.75) is 26.3 Å². The molecule has 0 atom stereocenters. The molecular formula is C14H22N2O. The van der Waals surface area contributed by atoms with Crippen LogP contribution < -0.4 is 11.1 Å². The molecule has 0 unspecified atom stereocenters. The van der Waals surface area contributed by atoms with E-state index in [1.165, 1.54) is 5.56 Å². The number of nitrogens with two attached hydrogens (primary N) is 1. The number of rotatable bonds is 4. The fourth-order valence-electron chi connectivity index (χ4n) is 2.24. The maximum atomic E-state index is 5.91. The zero-order valence-corrected chi connectivity index (χ0v) is 10.5. The molecule has 0 saturated carbocycles. The van der Waals surface area contributed by atoms with Crippen molar-refractivity contribution in [2.24, 2.45) is 5.41 Å². The van der Waals surface area contributed by atoms with E-state index in [1.54, 1.807) is 0 Å². The van der Waals surface area contributed by atoms with Crippen molar-refractivity contribution >= 4 is 5.69 Å². The predicted octanol–water partition coefficient (Wildman–Crippen LogP) is 2.18. The largest absolute Gasteiger partial charge is 0.398 e. The van der Waals surface area contributed by atoms with E-state index in [0.29, 0.717) is 5.41 Å². The van der Waals surface area contributed by atoms with Crippen LogP contribution in [0.15, 0.2) is 24.3 Å². The Balaban J connectivity index is 1.81. The van der Waals surface area contributed by atoms with Crippen molar-refractivity contribution in [3.05, 3.63) is 29.8 Å². The summed E-state index contributed by atoms with van der Waals surface area (Å²) in [6.45, 7) is 6.00. The normalized spacial score (nSPS) is 19.1. The van der Waals surface area contributed by atoms with Gasteiger partial charge in [-0.2, -0.15) is 0 Å². The molecule has 17 heavy (non-hydrogen) atoms. The van der Waals surface area contributed by atoms with Gasteiger partial charge >= 0.3 is 0 Å². The van der Waals surface area contributed by atoms with Crippen LogP contribution in [0.4, 0.5) is 5.69 Å². The summed E-state index contributed by atoms with van der Waals surface area (Å²) in [5.74, 6) is 0. The van der Waals surface area contributed by atoms with Crippen molar-refractivity contribution in [2.75, 3.05) is 25.5 Å². The molecule has 3 N–H and O–H groups in total. The maximum Gasteiger partial charge on any atom is 0.0471 e. The third-order valence-corrected chi connectivity index (χ3v) is 3.62. The number of nitrogens with one attached hydrogen (secondary N) is 1. The van der Waals surface area contributed by atoms with E-state index in [9.17, 15) is 0 Å². The summed E-state index contributed by atoms with van der Waals surface area (Å²) in [6, 6.07) is 8.03. The molecule has 1 aromatic rings. The number of benzene rings is 1. The van der Waals surface area contributed by atoms with Crippen molar-refractivity contribution in [1.29, 1.82) is 0 Å². The summed E-state index contributed by atoms with van der Waals surface area (Å²) >= 11 is 0. The minimum Gasteiger partial charge on any atom is -0.398 e. The van der Waals surface area contributed by atoms with Crippen LogP contribution in [0.5, 0.6) is 0 Å². The lowest BCUT2D eigenvalue weighted by Gasteiger charge is -2.33. The predicted molar refractivity (Wildman–Crippen MR) is 70.7 cm³/mol. The zero-order chi connectivity index (χ0) is 12.1. The Morgan fingerprint density at radius 1 is 1.29 bits per heavy atom. The molecule has 0 aliphatic carbocycles. The number of nitrogen functional groups attached to an aromatic ring is 1. The Morgan fingerprint density at radius 3 is 2.71 bits per heavy atom. The van der Waals surface area contributed by atoms with Gasteiger partial charge in [0.05, 0.1) is 0 Å². The summed E-state index contributed by atoms with van der Waals surface area (Å²) in [5.41, 5.74) is 8.35. The van der Waals surface area contributed by atoms with Crippen LogP contribution in [0.1, 0.15) is 25.3 Å². The molecule has 0 radical (unpaired) electrons. The van der Waals surface area contributed by atoms with Gasteiger partial charge in [-0.15, -0.1) is 0 Å². The Morgan fingerprint density at radius 2 is 2.00 bits per heavy atom. The molecule has 0 spiro atoms. The third-order valence-electron chi connectivity index (χ3n) is 3.62. The Kier molecular flexibility index (Phi) is 4.02. The molecule has 0 bridgehead atoms. The molecule has 1 aliphatic heterocycles. The zero-order valence-electron chi connectivity index (χ0n) is 10.5. The topological polar surface area (TPSA) is 47.3 Å². The highest BCUT2D eigenvalue weighted by Gasteiger charge is 2.26. The molecule has 0 amide bonds. The van der Waals surface area contributed by atoms with Crippen molar-refractivity contribution < 1.29 is 4.74 Å². The second kappa shape index (κ2) is 5.52. The van der Waals surface area contributed by atoms with Gasteiger partial charge in [0.25, 0.3) is 0 Å². The van der Waals surface area contributed by atoms with Crippen LogP contribution in [0.3, 0.4) is 0 Å². The SMILES string of the molecule is CC1(CNCc2ccccc2N)CCOCC1. The van der Waals surface area contributed by atoms with Gasteiger partial charge in [0.15, 0.2) is 0 Å². The molecule has 1 fully saturated rings. The van der Waals surface area contributed by atoms with Crippen LogP contribution >= 0.6 is 0 Å². The van der Waals surface area contributed by atoms with Crippen molar-refractivity contribution in [3.63, 3.8) is 0 Å². The second-order valence-electron chi connectivity index (χ2n) is 5.23. The number of hydrogen-bond donors (Lipinski definition) is 2. The van der Waals surface area contributed by atoms with Gasteiger partial charge in [0.1, 0.15) is 0 Å². The van der Waals surface area contributed by atoms with Gasteiger partial charge in [-0.1, -0.05) is 25.1 Å². The number of ether oxygens (including phenoxy) is 1. The molecular weight excluding hydrogens is 212 g/mol. The lowest BCUT2D eigenvalue weighted by molar-refractivity contribution is 0.0240. The Bertz CT molecular complexity index is 359. The molecule has 3 heteroatoms. The molecule has 3 nitrogen and oxygen atoms in total. The lowest BCUT2D eigenvalue weighted by Crippen LogP contribution is -2.36. The van der Waals surface area contributed by atoms with E-state index in [-0.39, 0.29) is 0 Å². The van der Waals surface area contributed by atoms with Gasteiger partial charge in [0, 0.05) is 32.0 Å². The lowest BCUT2D eigenvalue weighted by atomic mass is 9.82. The van der Waals surface area contributed by atoms with E-state index in [0.717, 1.165) is 44.8 Å². The minimum atomic E-state index is 0.377. The monoisotopic (exact) mass is 234 g/mol. The van der Waals surface area contributed by atoms with Crippen LogP contribution in [0, 0.1) is 5.41 Å². The van der Waals surface area contributed by atoms with Crippen LogP contribution in [-0.4, -0.2) is 19.8 Å². The third kappa shape index (κ3) is 3.45. The first-order valence-corrected chi connectivity index (χ1v) is 6.31. The number of hydrogen-bond acceptors (Lipinski definition) is 3. The summed E-state index contributed by atoms with van der Waals surface area (Å²) < 4.78 is 5.40. The molecule has 1 aromatic carbocycles. The summed E-state index contributed by atoms with van der Waals surface area (Å²) in [5, 5.41) is 3.52. The highest BCUT2D eigenvalue weighted by Crippen LogP contribution is 2.28. The number of para-hydroxylation sites is 1. The van der Waals surface area contributed by atoms with E-state index in [1.807, 2.05) is 18.2 Å². The second-order valence-corrected chi connectivity index (χ2v) is 5.23. The Labute approximate surface area is 103 Å². The van der Waals surface area contributed by atoms with Crippen molar-refractivity contribution in [3.8, 4) is 0 Å². The minimum absolute atomic E-state index is 0.377. The molecule has 94 valence electrons. The van der Waals surface area contributed by atoms with Gasteiger partial charge < -0.3 is 15.8 Å². The average molecular weight is 234 g/mol. The van der Waals surface area contributed by atoms with Crippen molar-refractivity contribution in [1.82, 2.24) is 5.32 Å². The molecule has 1 saturated heterocycles. The van der Waals surface area contributed by atoms with Gasteiger partial charge in [-0.3, -0.25) is 0 Å². The molecule has 0 aromatic heterocycles. The molecule has 1 aliphatic rings. The van der Waals surface area contributed by atoms with Crippen LogP contribution in [0.25, 0.3) is 0 Å². The van der Waals surface area contributed by atoms with Gasteiger partial charge in [0.2, 0.25) is 0 Å². The van der Waals surface area contributed by atoms with Crippen LogP contribution in [0.2, 0.25) is 0 Å². The summed E-state index contributed by atoms with van der Waals surface area (Å²) in [4.78, 5) is 0. The van der Waals surface area contributed by atoms with Gasteiger partial charge in [-0.25, -0.2) is 0 Å². The van der Waals surface area contributed by atoms with Crippen LogP contribution in [-0.2, 0) is 11.3 Å². The molecule has 2 rings (SSSR count). The quantitative estimate of drug-likeness (QED) is 0.785. The smallest absolute Gasteiger partial charge is 0.0471 e. The first kappa shape index (κ1) is 12.4. The summed E-state index contributed by atoms with van der Waals surface area (Å²) in [7, 11) is 0. The van der Waals surface area contributed by atoms with E-state index < -0.39 is 0 Å². The highest BCUT2D eigenvalue weighted by atomic mass is 16.5. The Hall–Kier alpha value is -1.06. The first-order valence-electron chi connectivity index (χ1n) is 6.31. The standard InChI is InChI=1S/C14H22N2O/c1-14(6-8-17-9-7-14)11-16-10-12-4-2-3-5-13(12)15/h2-5,16H,6-11,15H2,1H3. The fourth-order valence-corrected chi connectivity index (χ4v) is 2.24. The highest BCUT2D eigenvalue weighted by molar-refractivity contribution is 5.46. The number of anilines is 1. The maximum absolute atomic E-state index is 5.91. The summed E-state index contributed by atoms with van der Waals surface area (Å²) in [6.07, 6.45) is 2.29.